The number of piperidine rings is 1. The number of aliphatic carboxylic acids is 1. The molecule has 0 amide bonds. The summed E-state index contributed by atoms with van der Waals surface area (Å²) in [6.45, 7) is 7.73. The molecule has 1 atom stereocenters. The largest absolute Gasteiger partial charge is 0.481 e. The van der Waals surface area contributed by atoms with Crippen molar-refractivity contribution in [3.8, 4) is 0 Å². The van der Waals surface area contributed by atoms with E-state index in [0.717, 1.165) is 23.2 Å². The Labute approximate surface area is 122 Å². The van der Waals surface area contributed by atoms with Crippen molar-refractivity contribution in [3.63, 3.8) is 0 Å². The Morgan fingerprint density at radius 1 is 1.47 bits per heavy atom. The summed E-state index contributed by atoms with van der Waals surface area (Å²) in [5.41, 5.74) is 2.17. The normalized spacial score (nSPS) is 22.3. The van der Waals surface area contributed by atoms with Gasteiger partial charge in [-0.1, -0.05) is 35.8 Å². The molecule has 0 bridgehead atoms. The molecule has 1 aromatic carbocycles. The number of carbonyl (C=O) groups is 1. The first-order valence-corrected chi connectivity index (χ1v) is 7.34. The lowest BCUT2D eigenvalue weighted by Gasteiger charge is -2.43. The molecule has 1 fully saturated rings. The smallest absolute Gasteiger partial charge is 0.307 e. The van der Waals surface area contributed by atoms with E-state index in [4.69, 9.17) is 0 Å². The van der Waals surface area contributed by atoms with E-state index in [0.29, 0.717) is 6.42 Å². The summed E-state index contributed by atoms with van der Waals surface area (Å²) in [7, 11) is 0. The van der Waals surface area contributed by atoms with Crippen molar-refractivity contribution in [2.75, 3.05) is 18.0 Å². The Balaban J connectivity index is 2.20. The van der Waals surface area contributed by atoms with Crippen molar-refractivity contribution < 1.29 is 9.90 Å². The van der Waals surface area contributed by atoms with Crippen LogP contribution in [0.25, 0.3) is 0 Å². The standard InChI is InChI=1S/C15H20BrNO2/c1-10-4-5-11(8-13(10)16)17-7-6-12(14(18)19)15(2,3)9-17/h4-5,8,12H,6-7,9H2,1-3H3,(H,18,19). The van der Waals surface area contributed by atoms with E-state index in [1.807, 2.05) is 13.8 Å². The van der Waals surface area contributed by atoms with Crippen LogP contribution in [0.5, 0.6) is 0 Å². The van der Waals surface area contributed by atoms with Gasteiger partial charge in [-0.3, -0.25) is 4.79 Å². The Hall–Kier alpha value is -1.03. The van der Waals surface area contributed by atoms with Crippen LogP contribution in [0, 0.1) is 18.3 Å². The van der Waals surface area contributed by atoms with Crippen molar-refractivity contribution in [2.24, 2.45) is 11.3 Å². The molecule has 0 aromatic heterocycles. The molecule has 1 heterocycles. The molecule has 1 aromatic rings. The fourth-order valence-corrected chi connectivity index (χ4v) is 3.18. The highest BCUT2D eigenvalue weighted by atomic mass is 79.9. The van der Waals surface area contributed by atoms with Gasteiger partial charge in [0.25, 0.3) is 0 Å². The highest BCUT2D eigenvalue weighted by Gasteiger charge is 2.40. The number of nitrogens with zero attached hydrogens (tertiary/aromatic N) is 1. The molecule has 1 aliphatic heterocycles. The minimum atomic E-state index is -0.672. The molecule has 2 rings (SSSR count). The zero-order chi connectivity index (χ0) is 14.2. The summed E-state index contributed by atoms with van der Waals surface area (Å²) in [4.78, 5) is 13.6. The summed E-state index contributed by atoms with van der Waals surface area (Å²) in [6, 6.07) is 6.32. The third-order valence-electron chi connectivity index (χ3n) is 4.05. The highest BCUT2D eigenvalue weighted by molar-refractivity contribution is 9.10. The summed E-state index contributed by atoms with van der Waals surface area (Å²) in [6.07, 6.45) is 0.702. The van der Waals surface area contributed by atoms with E-state index in [-0.39, 0.29) is 11.3 Å². The number of benzene rings is 1. The number of aryl methyl sites for hydroxylation is 1. The van der Waals surface area contributed by atoms with Crippen molar-refractivity contribution in [1.29, 1.82) is 0 Å². The van der Waals surface area contributed by atoms with E-state index in [1.54, 1.807) is 0 Å². The summed E-state index contributed by atoms with van der Waals surface area (Å²) < 4.78 is 1.10. The van der Waals surface area contributed by atoms with Crippen molar-refractivity contribution in [3.05, 3.63) is 28.2 Å². The molecule has 1 unspecified atom stereocenters. The quantitative estimate of drug-likeness (QED) is 0.901. The minimum Gasteiger partial charge on any atom is -0.481 e. The first-order chi connectivity index (χ1) is 8.81. The second kappa shape index (κ2) is 5.16. The van der Waals surface area contributed by atoms with Crippen molar-refractivity contribution >= 4 is 27.6 Å². The summed E-state index contributed by atoms with van der Waals surface area (Å²) in [5, 5.41) is 9.29. The van der Waals surface area contributed by atoms with E-state index >= 15 is 0 Å². The lowest BCUT2D eigenvalue weighted by molar-refractivity contribution is -0.146. The molecule has 19 heavy (non-hydrogen) atoms. The molecule has 0 spiro atoms. The van der Waals surface area contributed by atoms with Gasteiger partial charge in [0.1, 0.15) is 0 Å². The molecule has 1 saturated heterocycles. The average Bonchev–Trinajstić information content (AvgIpc) is 2.30. The van der Waals surface area contributed by atoms with Gasteiger partial charge in [0.2, 0.25) is 0 Å². The fourth-order valence-electron chi connectivity index (χ4n) is 2.81. The van der Waals surface area contributed by atoms with Crippen LogP contribution in [0.3, 0.4) is 0 Å². The topological polar surface area (TPSA) is 40.5 Å². The average molecular weight is 326 g/mol. The minimum absolute atomic E-state index is 0.207. The van der Waals surface area contributed by atoms with E-state index < -0.39 is 5.97 Å². The molecular formula is C15H20BrNO2. The first-order valence-electron chi connectivity index (χ1n) is 6.55. The Kier molecular flexibility index (Phi) is 3.90. The number of hydrogen-bond donors (Lipinski definition) is 1. The van der Waals surface area contributed by atoms with Crippen molar-refractivity contribution in [2.45, 2.75) is 27.2 Å². The third-order valence-corrected chi connectivity index (χ3v) is 4.90. The number of carboxylic acid groups (broad SMARTS) is 1. The number of rotatable bonds is 2. The van der Waals surface area contributed by atoms with Crippen LogP contribution in [0.15, 0.2) is 22.7 Å². The molecule has 104 valence electrons. The van der Waals surface area contributed by atoms with Crippen LogP contribution < -0.4 is 4.90 Å². The maximum atomic E-state index is 11.3. The number of anilines is 1. The molecule has 4 heteroatoms. The highest BCUT2D eigenvalue weighted by Crippen LogP contribution is 2.37. The zero-order valence-corrected chi connectivity index (χ0v) is 13.2. The van der Waals surface area contributed by atoms with Gasteiger partial charge in [-0.25, -0.2) is 0 Å². The lowest BCUT2D eigenvalue weighted by atomic mass is 9.74. The Morgan fingerprint density at radius 3 is 2.68 bits per heavy atom. The molecule has 1 aliphatic rings. The summed E-state index contributed by atoms with van der Waals surface area (Å²) in [5.74, 6) is -0.924. The maximum Gasteiger partial charge on any atom is 0.307 e. The van der Waals surface area contributed by atoms with E-state index in [2.05, 4.69) is 46.0 Å². The second-order valence-electron chi connectivity index (χ2n) is 6.02. The van der Waals surface area contributed by atoms with Gasteiger partial charge < -0.3 is 10.0 Å². The molecule has 0 aliphatic carbocycles. The Bertz CT molecular complexity index is 499. The second-order valence-corrected chi connectivity index (χ2v) is 6.88. The van der Waals surface area contributed by atoms with Crippen LogP contribution in [0.4, 0.5) is 5.69 Å². The summed E-state index contributed by atoms with van der Waals surface area (Å²) >= 11 is 3.56. The monoisotopic (exact) mass is 325 g/mol. The third kappa shape index (κ3) is 2.94. The predicted molar refractivity (Wildman–Crippen MR) is 80.6 cm³/mol. The van der Waals surface area contributed by atoms with E-state index in [1.165, 1.54) is 5.56 Å². The van der Waals surface area contributed by atoms with Gasteiger partial charge in [-0.2, -0.15) is 0 Å². The molecule has 3 nitrogen and oxygen atoms in total. The molecule has 0 radical (unpaired) electrons. The maximum absolute atomic E-state index is 11.3. The number of halogens is 1. The number of hydrogen-bond acceptors (Lipinski definition) is 2. The van der Waals surface area contributed by atoms with Gasteiger partial charge in [-0.05, 0) is 36.5 Å². The lowest BCUT2D eigenvalue weighted by Crippen LogP contribution is -2.48. The van der Waals surface area contributed by atoms with Crippen LogP contribution in [0.2, 0.25) is 0 Å². The van der Waals surface area contributed by atoms with Crippen molar-refractivity contribution in [1.82, 2.24) is 0 Å². The predicted octanol–water partition coefficient (Wildman–Crippen LogP) is 3.69. The fraction of sp³-hybridized carbons (Fsp3) is 0.533. The van der Waals surface area contributed by atoms with Gasteiger partial charge in [-0.15, -0.1) is 0 Å². The molecule has 0 saturated carbocycles. The van der Waals surface area contributed by atoms with Gasteiger partial charge in [0.05, 0.1) is 5.92 Å². The first kappa shape index (κ1) is 14.4. The van der Waals surface area contributed by atoms with Gasteiger partial charge >= 0.3 is 5.97 Å². The molecule has 1 N–H and O–H groups in total. The molecular weight excluding hydrogens is 306 g/mol. The SMILES string of the molecule is Cc1ccc(N2CCC(C(=O)O)C(C)(C)C2)cc1Br. The van der Waals surface area contributed by atoms with Crippen LogP contribution in [-0.2, 0) is 4.79 Å². The van der Waals surface area contributed by atoms with Gasteiger partial charge in [0, 0.05) is 23.2 Å². The zero-order valence-electron chi connectivity index (χ0n) is 11.6. The van der Waals surface area contributed by atoms with E-state index in [9.17, 15) is 9.90 Å². The van der Waals surface area contributed by atoms with Crippen LogP contribution >= 0.6 is 15.9 Å². The van der Waals surface area contributed by atoms with Crippen LogP contribution in [-0.4, -0.2) is 24.2 Å². The van der Waals surface area contributed by atoms with Crippen LogP contribution in [0.1, 0.15) is 25.8 Å². The van der Waals surface area contributed by atoms with Gasteiger partial charge in [0.15, 0.2) is 0 Å². The number of carboxylic acids is 1. The Morgan fingerprint density at radius 2 is 2.16 bits per heavy atom.